The summed E-state index contributed by atoms with van der Waals surface area (Å²) in [5, 5.41) is 0.204. The van der Waals surface area contributed by atoms with Crippen molar-refractivity contribution in [3.63, 3.8) is 0 Å². The highest BCUT2D eigenvalue weighted by atomic mass is 19.1. The molecule has 3 aromatic rings. The molecule has 0 aliphatic rings. The van der Waals surface area contributed by atoms with Crippen molar-refractivity contribution in [2.75, 3.05) is 18.6 Å². The van der Waals surface area contributed by atoms with Crippen LogP contribution in [0.3, 0.4) is 0 Å². The molecule has 3 rings (SSSR count). The van der Waals surface area contributed by atoms with Crippen molar-refractivity contribution < 1.29 is 18.7 Å². The van der Waals surface area contributed by atoms with Crippen LogP contribution in [0.4, 0.5) is 10.1 Å². The van der Waals surface area contributed by atoms with Gasteiger partial charge < -0.3 is 15.4 Å². The molecule has 0 radical (unpaired) electrons. The summed E-state index contributed by atoms with van der Waals surface area (Å²) in [4.78, 5) is 42.2. The number of anilines is 1. The van der Waals surface area contributed by atoms with E-state index in [1.54, 1.807) is 24.3 Å². The molecule has 0 aliphatic heterocycles. The molecular formula is C20H19FN4O4. The van der Waals surface area contributed by atoms with Crippen molar-refractivity contribution in [1.82, 2.24) is 9.55 Å². The van der Waals surface area contributed by atoms with Gasteiger partial charge in [-0.05, 0) is 36.4 Å². The van der Waals surface area contributed by atoms with Gasteiger partial charge in [0.05, 0.1) is 24.3 Å². The summed E-state index contributed by atoms with van der Waals surface area (Å²) in [7, 11) is 1.52. The molecule has 2 N–H and O–H groups in total. The molecule has 1 heterocycles. The topological polar surface area (TPSA) is 108 Å². The number of aromatic nitrogens is 2. The second-order valence-electron chi connectivity index (χ2n) is 6.30. The third-order valence-corrected chi connectivity index (χ3v) is 4.36. The third kappa shape index (κ3) is 4.57. The van der Waals surface area contributed by atoms with Gasteiger partial charge >= 0.3 is 0 Å². The zero-order valence-corrected chi connectivity index (χ0v) is 15.7. The second-order valence-corrected chi connectivity index (χ2v) is 6.30. The lowest BCUT2D eigenvalue weighted by atomic mass is 10.2. The normalized spacial score (nSPS) is 10.7. The van der Waals surface area contributed by atoms with Gasteiger partial charge in [0.2, 0.25) is 11.8 Å². The van der Waals surface area contributed by atoms with E-state index in [1.807, 2.05) is 0 Å². The highest BCUT2D eigenvalue weighted by Crippen LogP contribution is 2.20. The van der Waals surface area contributed by atoms with E-state index in [9.17, 15) is 18.8 Å². The van der Waals surface area contributed by atoms with E-state index in [2.05, 4.69) is 4.98 Å². The second kappa shape index (κ2) is 8.51. The number of nitrogens with zero attached hydrogens (tertiary/aromatic N) is 3. The van der Waals surface area contributed by atoms with Crippen LogP contribution in [0.2, 0.25) is 0 Å². The summed E-state index contributed by atoms with van der Waals surface area (Å²) >= 11 is 0. The molecule has 0 saturated heterocycles. The van der Waals surface area contributed by atoms with Gasteiger partial charge in [-0.25, -0.2) is 9.37 Å². The van der Waals surface area contributed by atoms with Gasteiger partial charge in [0, 0.05) is 24.7 Å². The maximum atomic E-state index is 13.3. The van der Waals surface area contributed by atoms with Crippen LogP contribution in [0.25, 0.3) is 10.9 Å². The average Bonchev–Trinajstić information content (AvgIpc) is 2.70. The SMILES string of the molecule is COc1ccc(N(CCC(N)=O)C(=O)Cn2cnc3cc(F)ccc3c2=O)cc1. The van der Waals surface area contributed by atoms with Gasteiger partial charge in [-0.3, -0.25) is 19.0 Å². The van der Waals surface area contributed by atoms with Crippen molar-refractivity contribution in [2.24, 2.45) is 5.73 Å². The van der Waals surface area contributed by atoms with Crippen LogP contribution in [-0.4, -0.2) is 35.0 Å². The molecule has 0 unspecified atom stereocenters. The lowest BCUT2D eigenvalue weighted by Gasteiger charge is -2.23. The van der Waals surface area contributed by atoms with E-state index in [1.165, 1.54) is 24.4 Å². The number of benzene rings is 2. The van der Waals surface area contributed by atoms with E-state index in [0.717, 1.165) is 16.7 Å². The quantitative estimate of drug-likeness (QED) is 0.648. The number of ether oxygens (including phenoxy) is 1. The fraction of sp³-hybridized carbons (Fsp3) is 0.200. The van der Waals surface area contributed by atoms with E-state index >= 15 is 0 Å². The minimum atomic E-state index is -0.553. The van der Waals surface area contributed by atoms with Crippen molar-refractivity contribution in [3.8, 4) is 5.75 Å². The molecule has 150 valence electrons. The van der Waals surface area contributed by atoms with Crippen LogP contribution in [-0.2, 0) is 16.1 Å². The summed E-state index contributed by atoms with van der Waals surface area (Å²) in [6.07, 6.45) is 1.16. The Kier molecular flexibility index (Phi) is 5.87. The Morgan fingerprint density at radius 2 is 1.93 bits per heavy atom. The van der Waals surface area contributed by atoms with Gasteiger partial charge in [0.1, 0.15) is 18.1 Å². The Balaban J connectivity index is 1.90. The molecule has 0 fully saturated rings. The zero-order valence-electron chi connectivity index (χ0n) is 15.7. The molecule has 29 heavy (non-hydrogen) atoms. The number of rotatable bonds is 7. The van der Waals surface area contributed by atoms with E-state index in [-0.39, 0.29) is 30.4 Å². The maximum absolute atomic E-state index is 13.3. The molecule has 1 aromatic heterocycles. The summed E-state index contributed by atoms with van der Waals surface area (Å²) in [5.74, 6) is -0.877. The summed E-state index contributed by atoms with van der Waals surface area (Å²) in [5.41, 5.74) is 5.49. The largest absolute Gasteiger partial charge is 0.497 e. The molecule has 0 saturated carbocycles. The van der Waals surface area contributed by atoms with Crippen LogP contribution in [0.5, 0.6) is 5.75 Å². The number of carbonyl (C=O) groups is 2. The highest BCUT2D eigenvalue weighted by Gasteiger charge is 2.18. The number of hydrogen-bond donors (Lipinski definition) is 1. The standard InChI is InChI=1S/C20H19FN4O4/c1-29-15-5-3-14(4-6-15)25(9-8-18(22)26)19(27)11-24-12-23-17-10-13(21)2-7-16(17)20(24)28/h2-7,10,12H,8-9,11H2,1H3,(H2,22,26). The van der Waals surface area contributed by atoms with Gasteiger partial charge in [0.25, 0.3) is 5.56 Å². The van der Waals surface area contributed by atoms with E-state index in [4.69, 9.17) is 10.5 Å². The molecule has 0 spiro atoms. The number of primary amides is 1. The van der Waals surface area contributed by atoms with Gasteiger partial charge in [-0.1, -0.05) is 0 Å². The Hall–Kier alpha value is -3.75. The summed E-state index contributed by atoms with van der Waals surface area (Å²) in [6.45, 7) is -0.245. The minimum Gasteiger partial charge on any atom is -0.497 e. The number of halogens is 1. The number of amides is 2. The number of fused-ring (bicyclic) bond motifs is 1. The van der Waals surface area contributed by atoms with E-state index < -0.39 is 23.2 Å². The average molecular weight is 398 g/mol. The first-order valence-corrected chi connectivity index (χ1v) is 8.76. The van der Waals surface area contributed by atoms with Crippen LogP contribution >= 0.6 is 0 Å². The van der Waals surface area contributed by atoms with E-state index in [0.29, 0.717) is 11.4 Å². The molecule has 0 atom stereocenters. The summed E-state index contributed by atoms with van der Waals surface area (Å²) in [6, 6.07) is 10.3. The van der Waals surface area contributed by atoms with Crippen LogP contribution < -0.4 is 20.9 Å². The fourth-order valence-electron chi connectivity index (χ4n) is 2.86. The van der Waals surface area contributed by atoms with Crippen LogP contribution in [0, 0.1) is 5.82 Å². The Morgan fingerprint density at radius 3 is 2.59 bits per heavy atom. The van der Waals surface area contributed by atoms with Gasteiger partial charge in [-0.2, -0.15) is 0 Å². The van der Waals surface area contributed by atoms with Crippen LogP contribution in [0.15, 0.2) is 53.6 Å². The lowest BCUT2D eigenvalue weighted by molar-refractivity contribution is -0.119. The third-order valence-electron chi connectivity index (χ3n) is 4.36. The molecule has 2 aromatic carbocycles. The van der Waals surface area contributed by atoms with Gasteiger partial charge in [-0.15, -0.1) is 0 Å². The number of nitrogens with two attached hydrogens (primary N) is 1. The predicted molar refractivity (Wildman–Crippen MR) is 105 cm³/mol. The molecule has 0 bridgehead atoms. The Morgan fingerprint density at radius 1 is 1.21 bits per heavy atom. The summed E-state index contributed by atoms with van der Waals surface area (Å²) < 4.78 is 19.6. The lowest BCUT2D eigenvalue weighted by Crippen LogP contribution is -2.38. The zero-order chi connectivity index (χ0) is 21.0. The molecule has 9 heteroatoms. The smallest absolute Gasteiger partial charge is 0.261 e. The number of hydrogen-bond acceptors (Lipinski definition) is 5. The maximum Gasteiger partial charge on any atom is 0.261 e. The first-order valence-electron chi connectivity index (χ1n) is 8.76. The van der Waals surface area contributed by atoms with Gasteiger partial charge in [0.15, 0.2) is 0 Å². The van der Waals surface area contributed by atoms with Crippen LogP contribution in [0.1, 0.15) is 6.42 Å². The van der Waals surface area contributed by atoms with Crippen molar-refractivity contribution >= 4 is 28.4 Å². The Bertz CT molecular complexity index is 1110. The van der Waals surface area contributed by atoms with Crippen molar-refractivity contribution in [1.29, 1.82) is 0 Å². The fourth-order valence-corrected chi connectivity index (χ4v) is 2.86. The number of methoxy groups -OCH3 is 1. The predicted octanol–water partition coefficient (Wildman–Crippen LogP) is 1.45. The first-order chi connectivity index (χ1) is 13.9. The van der Waals surface area contributed by atoms with Crippen molar-refractivity contribution in [2.45, 2.75) is 13.0 Å². The molecular weight excluding hydrogens is 379 g/mol. The first kappa shape index (κ1) is 20.0. The minimum absolute atomic E-state index is 0.0398. The number of carbonyl (C=O) groups excluding carboxylic acids is 2. The highest BCUT2D eigenvalue weighted by molar-refractivity contribution is 5.94. The molecule has 0 aliphatic carbocycles. The monoisotopic (exact) mass is 398 g/mol. The molecule has 8 nitrogen and oxygen atoms in total. The molecule has 2 amide bonds. The Labute approximate surface area is 165 Å². The van der Waals surface area contributed by atoms with Crippen molar-refractivity contribution in [3.05, 3.63) is 65.0 Å².